The van der Waals surface area contributed by atoms with Gasteiger partial charge in [0.05, 0.1) is 11.3 Å². The van der Waals surface area contributed by atoms with Crippen molar-refractivity contribution in [1.29, 1.82) is 0 Å². The van der Waals surface area contributed by atoms with E-state index in [2.05, 4.69) is 10.3 Å². The summed E-state index contributed by atoms with van der Waals surface area (Å²) in [5.74, 6) is -1.09. The minimum atomic E-state index is -0.589. The number of anilines is 1. The molecule has 1 aromatic heterocycles. The van der Waals surface area contributed by atoms with Crippen LogP contribution in [0.1, 0.15) is 10.4 Å². The van der Waals surface area contributed by atoms with Crippen LogP contribution in [0, 0.1) is 0 Å². The van der Waals surface area contributed by atoms with Gasteiger partial charge in [0.2, 0.25) is 0 Å². The molecule has 1 aliphatic rings. The first kappa shape index (κ1) is 12.2. The number of hydrogen-bond donors (Lipinski definition) is 1. The first-order chi connectivity index (χ1) is 10.2. The largest absolute Gasteiger partial charge is 0.431 e. The van der Waals surface area contributed by atoms with Gasteiger partial charge in [-0.15, -0.1) is 0 Å². The van der Waals surface area contributed by atoms with E-state index in [1.165, 1.54) is 11.8 Å². The lowest BCUT2D eigenvalue weighted by Gasteiger charge is -2.00. The van der Waals surface area contributed by atoms with Crippen molar-refractivity contribution in [1.82, 2.24) is 4.98 Å². The van der Waals surface area contributed by atoms with E-state index in [0.29, 0.717) is 16.5 Å². The fraction of sp³-hybridized carbons (Fsp3) is 0. The highest BCUT2D eigenvalue weighted by molar-refractivity contribution is 7.99. The molecule has 0 atom stereocenters. The van der Waals surface area contributed by atoms with Crippen molar-refractivity contribution >= 4 is 40.2 Å². The van der Waals surface area contributed by atoms with Gasteiger partial charge >= 0.3 is 0 Å². The Kier molecular flexibility index (Phi) is 2.58. The first-order valence-corrected chi connectivity index (χ1v) is 7.05. The van der Waals surface area contributed by atoms with Gasteiger partial charge in [0, 0.05) is 4.90 Å². The topological polar surface area (TPSA) is 72.2 Å². The van der Waals surface area contributed by atoms with Crippen molar-refractivity contribution < 1.29 is 14.0 Å². The number of carbonyl (C=O) groups excluding carboxylic acids is 2. The van der Waals surface area contributed by atoms with Crippen LogP contribution in [0.5, 0.6) is 0 Å². The number of aromatic nitrogens is 1. The van der Waals surface area contributed by atoms with Gasteiger partial charge in [-0.3, -0.25) is 9.59 Å². The molecule has 102 valence electrons. The van der Waals surface area contributed by atoms with Crippen LogP contribution in [0.3, 0.4) is 0 Å². The Morgan fingerprint density at radius 3 is 2.81 bits per heavy atom. The molecule has 2 aromatic carbocycles. The highest BCUT2D eigenvalue weighted by Crippen LogP contribution is 2.34. The first-order valence-electron chi connectivity index (χ1n) is 6.24. The molecule has 2 heterocycles. The van der Waals surface area contributed by atoms with E-state index in [1.807, 2.05) is 24.3 Å². The Balaban J connectivity index is 1.67. The van der Waals surface area contributed by atoms with Crippen LogP contribution in [0.15, 0.2) is 57.0 Å². The van der Waals surface area contributed by atoms with Gasteiger partial charge in [-0.25, -0.2) is 4.98 Å². The average molecular weight is 296 g/mol. The second-order valence-electron chi connectivity index (χ2n) is 4.54. The number of benzene rings is 2. The van der Waals surface area contributed by atoms with E-state index in [4.69, 9.17) is 4.42 Å². The summed E-state index contributed by atoms with van der Waals surface area (Å²) >= 11 is 1.34. The predicted octanol–water partition coefficient (Wildman–Crippen LogP) is 3.11. The van der Waals surface area contributed by atoms with Crippen LogP contribution in [0.2, 0.25) is 0 Å². The zero-order chi connectivity index (χ0) is 14.4. The van der Waals surface area contributed by atoms with E-state index >= 15 is 0 Å². The zero-order valence-corrected chi connectivity index (χ0v) is 11.4. The summed E-state index contributed by atoms with van der Waals surface area (Å²) in [7, 11) is 0. The van der Waals surface area contributed by atoms with Crippen molar-refractivity contribution in [3.8, 4) is 0 Å². The Bertz CT molecular complexity index is 868. The van der Waals surface area contributed by atoms with Gasteiger partial charge in [-0.2, -0.15) is 0 Å². The van der Waals surface area contributed by atoms with E-state index in [1.54, 1.807) is 18.2 Å². The third-order valence-corrected chi connectivity index (χ3v) is 4.01. The molecule has 1 N–H and O–H groups in total. The number of carbonyl (C=O) groups is 2. The molecule has 1 aliphatic heterocycles. The van der Waals surface area contributed by atoms with Gasteiger partial charge in [0.25, 0.3) is 16.9 Å². The zero-order valence-electron chi connectivity index (χ0n) is 10.6. The number of ketones is 1. The molecule has 0 bridgehead atoms. The number of Topliss-reactive ketones (excluding diaryl/α,β-unsaturated/α-hetero) is 1. The summed E-state index contributed by atoms with van der Waals surface area (Å²) in [6, 6.07) is 12.7. The lowest BCUT2D eigenvalue weighted by molar-refractivity contribution is -0.112. The maximum absolute atomic E-state index is 11.5. The van der Waals surface area contributed by atoms with Gasteiger partial charge in [0.15, 0.2) is 5.58 Å². The summed E-state index contributed by atoms with van der Waals surface area (Å²) in [5.41, 5.74) is 2.46. The number of oxazole rings is 1. The molecule has 21 heavy (non-hydrogen) atoms. The molecule has 0 fully saturated rings. The fourth-order valence-electron chi connectivity index (χ4n) is 2.19. The number of nitrogens with one attached hydrogen (secondary N) is 1. The van der Waals surface area contributed by atoms with Crippen LogP contribution in [-0.2, 0) is 4.79 Å². The average Bonchev–Trinajstić information content (AvgIpc) is 3.00. The Morgan fingerprint density at radius 1 is 1.10 bits per heavy atom. The van der Waals surface area contributed by atoms with E-state index in [9.17, 15) is 9.59 Å². The smallest absolute Gasteiger partial charge is 0.296 e. The molecule has 3 aromatic rings. The summed E-state index contributed by atoms with van der Waals surface area (Å²) in [6.07, 6.45) is 0. The summed E-state index contributed by atoms with van der Waals surface area (Å²) < 4.78 is 5.63. The number of hydrogen-bond acceptors (Lipinski definition) is 5. The van der Waals surface area contributed by atoms with Crippen molar-refractivity contribution in [2.24, 2.45) is 0 Å². The van der Waals surface area contributed by atoms with Crippen LogP contribution < -0.4 is 5.32 Å². The summed E-state index contributed by atoms with van der Waals surface area (Å²) in [5, 5.41) is 3.07. The Hall–Kier alpha value is -2.60. The lowest BCUT2D eigenvalue weighted by atomic mass is 10.1. The molecular weight excluding hydrogens is 288 g/mol. The quantitative estimate of drug-likeness (QED) is 0.736. The van der Waals surface area contributed by atoms with E-state index < -0.39 is 11.7 Å². The second-order valence-corrected chi connectivity index (χ2v) is 5.56. The second kappa shape index (κ2) is 4.46. The number of para-hydroxylation sites is 2. The highest BCUT2D eigenvalue weighted by Gasteiger charge is 2.27. The van der Waals surface area contributed by atoms with Crippen LogP contribution in [0.25, 0.3) is 11.1 Å². The van der Waals surface area contributed by atoms with Crippen molar-refractivity contribution in [2.75, 3.05) is 5.32 Å². The van der Waals surface area contributed by atoms with Gasteiger partial charge in [0.1, 0.15) is 5.52 Å². The van der Waals surface area contributed by atoms with Gasteiger partial charge in [-0.05, 0) is 42.1 Å². The molecule has 0 spiro atoms. The lowest BCUT2D eigenvalue weighted by Crippen LogP contribution is -2.12. The Morgan fingerprint density at radius 2 is 1.95 bits per heavy atom. The van der Waals surface area contributed by atoms with Gasteiger partial charge < -0.3 is 9.73 Å². The molecule has 1 amide bonds. The summed E-state index contributed by atoms with van der Waals surface area (Å²) in [4.78, 5) is 28.1. The summed E-state index contributed by atoms with van der Waals surface area (Å²) in [6.45, 7) is 0. The number of fused-ring (bicyclic) bond motifs is 2. The monoisotopic (exact) mass is 296 g/mol. The third-order valence-electron chi connectivity index (χ3n) is 3.17. The SMILES string of the molecule is O=C1Nc2cc(Sc3nc4ccccc4o3)ccc2C1=O. The van der Waals surface area contributed by atoms with Gasteiger partial charge in [-0.1, -0.05) is 12.1 Å². The Labute approximate surface area is 123 Å². The molecular formula is C15H8N2O3S. The molecule has 4 rings (SSSR count). The molecule has 0 aliphatic carbocycles. The molecule has 5 nitrogen and oxygen atoms in total. The van der Waals surface area contributed by atoms with Crippen LogP contribution in [0.4, 0.5) is 5.69 Å². The minimum absolute atomic E-state index is 0.405. The van der Waals surface area contributed by atoms with Crippen LogP contribution in [-0.4, -0.2) is 16.7 Å². The predicted molar refractivity (Wildman–Crippen MR) is 77.5 cm³/mol. The third kappa shape index (κ3) is 2.00. The van der Waals surface area contributed by atoms with E-state index in [-0.39, 0.29) is 0 Å². The number of rotatable bonds is 2. The van der Waals surface area contributed by atoms with Crippen molar-refractivity contribution in [3.05, 3.63) is 48.0 Å². The molecule has 0 unspecified atom stereocenters. The molecule has 6 heteroatoms. The normalized spacial score (nSPS) is 13.5. The minimum Gasteiger partial charge on any atom is -0.431 e. The molecule has 0 radical (unpaired) electrons. The maximum Gasteiger partial charge on any atom is 0.296 e. The highest BCUT2D eigenvalue weighted by atomic mass is 32.2. The maximum atomic E-state index is 11.5. The van der Waals surface area contributed by atoms with Crippen molar-refractivity contribution in [2.45, 2.75) is 10.1 Å². The van der Waals surface area contributed by atoms with Crippen molar-refractivity contribution in [3.63, 3.8) is 0 Å². The fourth-order valence-corrected chi connectivity index (χ4v) is 2.98. The molecule has 0 saturated heterocycles. The standard InChI is InChI=1S/C15H8N2O3S/c18-13-9-6-5-8(7-11(9)16-14(13)19)21-15-17-10-3-1-2-4-12(10)20-15/h1-7H,(H,16,18,19). The number of nitrogens with zero attached hydrogens (tertiary/aromatic N) is 1. The van der Waals surface area contributed by atoms with E-state index in [0.717, 1.165) is 16.0 Å². The number of amides is 1. The molecule has 0 saturated carbocycles. The van der Waals surface area contributed by atoms with Crippen LogP contribution >= 0.6 is 11.8 Å².